The van der Waals surface area contributed by atoms with Gasteiger partial charge < -0.3 is 5.11 Å². The maximum Gasteiger partial charge on any atom is 0.291 e. The van der Waals surface area contributed by atoms with E-state index in [1.807, 2.05) is 0 Å². The molecule has 0 heterocycles. The van der Waals surface area contributed by atoms with Crippen molar-refractivity contribution in [2.24, 2.45) is 5.84 Å². The molecule has 0 saturated carbocycles. The zero-order valence-corrected chi connectivity index (χ0v) is 7.18. The summed E-state index contributed by atoms with van der Waals surface area (Å²) in [5.74, 6) is 9.86. The third-order valence-corrected chi connectivity index (χ3v) is 1.64. The molecule has 6 heteroatoms. The molecule has 0 aromatic rings. The van der Waals surface area contributed by atoms with Crippen LogP contribution >= 0.6 is 0 Å². The van der Waals surface area contributed by atoms with E-state index in [2.05, 4.69) is 17.3 Å². The second-order valence-corrected chi connectivity index (χ2v) is 2.59. The lowest BCUT2D eigenvalue weighted by Crippen LogP contribution is -2.35. The molecule has 0 saturated heterocycles. The number of aliphatic hydroxyl groups excluding tert-OH is 1. The predicted molar refractivity (Wildman–Crippen MR) is 49.1 cm³/mol. The van der Waals surface area contributed by atoms with Gasteiger partial charge in [0.05, 0.1) is 0 Å². The molecule has 14 heavy (non-hydrogen) atoms. The summed E-state index contributed by atoms with van der Waals surface area (Å²) in [5.41, 5.74) is 2.50. The van der Waals surface area contributed by atoms with Gasteiger partial charge in [-0.3, -0.25) is 16.0 Å². The molecule has 74 valence electrons. The van der Waals surface area contributed by atoms with Crippen LogP contribution in [0.1, 0.15) is 0 Å². The van der Waals surface area contributed by atoms with E-state index in [-0.39, 0.29) is 0 Å². The van der Waals surface area contributed by atoms with Gasteiger partial charge in [-0.25, -0.2) is 5.43 Å². The highest BCUT2D eigenvalue weighted by atomic mass is 16.6. The summed E-state index contributed by atoms with van der Waals surface area (Å²) in [4.78, 5) is 9.87. The van der Waals surface area contributed by atoms with Crippen LogP contribution in [-0.2, 0) is 0 Å². The van der Waals surface area contributed by atoms with Crippen LogP contribution in [-0.4, -0.2) is 22.3 Å². The van der Waals surface area contributed by atoms with Gasteiger partial charge >= 0.3 is 0 Å². The lowest BCUT2D eigenvalue weighted by molar-refractivity contribution is -0.493. The Bertz CT molecular complexity index is 351. The predicted octanol–water partition coefficient (Wildman–Crippen LogP) is -1.09. The fourth-order valence-corrected chi connectivity index (χ4v) is 0.898. The molecule has 1 aliphatic carbocycles. The molecule has 2 atom stereocenters. The molecule has 0 aromatic carbocycles. The minimum absolute atomic E-state index is 0.393. The van der Waals surface area contributed by atoms with Crippen LogP contribution in [0.2, 0.25) is 0 Å². The molecule has 2 unspecified atom stereocenters. The Morgan fingerprint density at radius 1 is 1.79 bits per heavy atom. The monoisotopic (exact) mass is 195 g/mol. The molecule has 0 spiro atoms. The Labute approximate surface area is 80.2 Å². The minimum atomic E-state index is -1.06. The third kappa shape index (κ3) is 2.40. The Balaban J connectivity index is 2.81. The summed E-state index contributed by atoms with van der Waals surface area (Å²) in [5, 5.41) is 19.6. The van der Waals surface area contributed by atoms with Crippen molar-refractivity contribution < 1.29 is 10.0 Å². The molecular formula is C8H9N3O3. The molecule has 0 aromatic heterocycles. The molecular weight excluding hydrogens is 186 g/mol. The molecule has 0 aliphatic heterocycles. The van der Waals surface area contributed by atoms with Gasteiger partial charge in [-0.05, 0) is 12.0 Å². The SMILES string of the molecule is NNC(O)C1=CC#CC([N+](=O)[O-])C=C1. The number of hydrazine groups is 1. The lowest BCUT2D eigenvalue weighted by atomic mass is 10.2. The summed E-state index contributed by atoms with van der Waals surface area (Å²) >= 11 is 0. The third-order valence-electron chi connectivity index (χ3n) is 1.64. The molecule has 0 fully saturated rings. The summed E-state index contributed by atoms with van der Waals surface area (Å²) in [6.07, 6.45) is 3.02. The van der Waals surface area contributed by atoms with E-state index in [9.17, 15) is 15.2 Å². The highest BCUT2D eigenvalue weighted by Crippen LogP contribution is 2.05. The van der Waals surface area contributed by atoms with Crippen molar-refractivity contribution in [1.29, 1.82) is 0 Å². The first kappa shape index (κ1) is 10.4. The number of aliphatic hydroxyl groups is 1. The largest absolute Gasteiger partial charge is 0.373 e. The van der Waals surface area contributed by atoms with Crippen LogP contribution in [0.15, 0.2) is 23.8 Å². The van der Waals surface area contributed by atoms with E-state index in [1.165, 1.54) is 18.2 Å². The van der Waals surface area contributed by atoms with E-state index in [0.29, 0.717) is 5.57 Å². The van der Waals surface area contributed by atoms with Crippen LogP contribution in [0, 0.1) is 22.0 Å². The van der Waals surface area contributed by atoms with Crippen molar-refractivity contribution in [3.05, 3.63) is 33.9 Å². The van der Waals surface area contributed by atoms with Crippen molar-refractivity contribution >= 4 is 0 Å². The first-order valence-electron chi connectivity index (χ1n) is 3.82. The summed E-state index contributed by atoms with van der Waals surface area (Å²) in [6.45, 7) is 0. The smallest absolute Gasteiger partial charge is 0.291 e. The first-order chi connectivity index (χ1) is 6.65. The van der Waals surface area contributed by atoms with Gasteiger partial charge in [0, 0.05) is 16.6 Å². The number of nitrogens with two attached hydrogens (primary N) is 1. The van der Waals surface area contributed by atoms with Gasteiger partial charge in [-0.2, -0.15) is 0 Å². The maximum absolute atomic E-state index is 10.4. The number of nitrogens with one attached hydrogen (secondary N) is 1. The van der Waals surface area contributed by atoms with Crippen molar-refractivity contribution in [2.75, 3.05) is 0 Å². The van der Waals surface area contributed by atoms with E-state index in [4.69, 9.17) is 5.84 Å². The van der Waals surface area contributed by atoms with Crippen molar-refractivity contribution in [2.45, 2.75) is 12.3 Å². The number of hydrogen-bond acceptors (Lipinski definition) is 5. The van der Waals surface area contributed by atoms with E-state index >= 15 is 0 Å². The second kappa shape index (κ2) is 4.53. The van der Waals surface area contributed by atoms with Crippen molar-refractivity contribution in [3.63, 3.8) is 0 Å². The summed E-state index contributed by atoms with van der Waals surface area (Å²) < 4.78 is 0. The summed E-state index contributed by atoms with van der Waals surface area (Å²) in [7, 11) is 0. The van der Waals surface area contributed by atoms with Crippen LogP contribution in [0.5, 0.6) is 0 Å². The van der Waals surface area contributed by atoms with E-state index in [0.717, 1.165) is 0 Å². The van der Waals surface area contributed by atoms with Gasteiger partial charge in [-0.15, -0.1) is 0 Å². The molecule has 1 aliphatic rings. The summed E-state index contributed by atoms with van der Waals surface area (Å²) in [6, 6.07) is -1.03. The average molecular weight is 195 g/mol. The number of allylic oxidation sites excluding steroid dienone is 1. The van der Waals surface area contributed by atoms with Crippen LogP contribution in [0.4, 0.5) is 0 Å². The van der Waals surface area contributed by atoms with Crippen molar-refractivity contribution in [3.8, 4) is 11.8 Å². The maximum atomic E-state index is 10.4. The zero-order chi connectivity index (χ0) is 10.6. The van der Waals surface area contributed by atoms with E-state index < -0.39 is 17.2 Å². The van der Waals surface area contributed by atoms with Gasteiger partial charge in [0.15, 0.2) is 0 Å². The van der Waals surface area contributed by atoms with Gasteiger partial charge in [0.25, 0.3) is 6.04 Å². The molecule has 0 radical (unpaired) electrons. The quantitative estimate of drug-likeness (QED) is 0.175. The van der Waals surface area contributed by atoms with Gasteiger partial charge in [0.1, 0.15) is 6.23 Å². The Morgan fingerprint density at radius 2 is 2.50 bits per heavy atom. The second-order valence-electron chi connectivity index (χ2n) is 2.59. The van der Waals surface area contributed by atoms with E-state index in [1.54, 1.807) is 0 Å². The Morgan fingerprint density at radius 3 is 3.07 bits per heavy atom. The normalized spacial score (nSPS) is 21.6. The highest BCUT2D eigenvalue weighted by molar-refractivity contribution is 5.36. The number of nitrogens with zero attached hydrogens (tertiary/aromatic N) is 1. The molecule has 0 bridgehead atoms. The van der Waals surface area contributed by atoms with Crippen LogP contribution in [0.3, 0.4) is 0 Å². The number of nitro groups is 1. The number of hydrogen-bond donors (Lipinski definition) is 3. The molecule has 6 nitrogen and oxygen atoms in total. The fourth-order valence-electron chi connectivity index (χ4n) is 0.898. The molecule has 4 N–H and O–H groups in total. The molecule has 0 amide bonds. The minimum Gasteiger partial charge on any atom is -0.373 e. The van der Waals surface area contributed by atoms with Crippen LogP contribution < -0.4 is 11.3 Å². The Kier molecular flexibility index (Phi) is 3.36. The standard InChI is InChI=1S/C8H9N3O3/c9-10-8(12)6-2-1-3-7(5-4-6)11(13)14/h2,4-5,7-8,10,12H,9H2. The topological polar surface area (TPSA) is 101 Å². The fraction of sp³-hybridized carbons (Fsp3) is 0.250. The highest BCUT2D eigenvalue weighted by Gasteiger charge is 2.14. The average Bonchev–Trinajstić information content (AvgIpc) is 2.41. The van der Waals surface area contributed by atoms with Crippen LogP contribution in [0.25, 0.3) is 0 Å². The van der Waals surface area contributed by atoms with Gasteiger partial charge in [-0.1, -0.05) is 12.0 Å². The lowest BCUT2D eigenvalue weighted by Gasteiger charge is -2.07. The van der Waals surface area contributed by atoms with Crippen molar-refractivity contribution in [1.82, 2.24) is 5.43 Å². The first-order valence-corrected chi connectivity index (χ1v) is 3.82. The Hall–Kier alpha value is -1.68. The molecule has 1 rings (SSSR count). The zero-order valence-electron chi connectivity index (χ0n) is 7.18. The number of rotatable bonds is 3. The van der Waals surface area contributed by atoms with Gasteiger partial charge in [0.2, 0.25) is 0 Å².